The first-order chi connectivity index (χ1) is 15.1. The molecule has 0 aliphatic carbocycles. The third-order valence-corrected chi connectivity index (χ3v) is 4.75. The van der Waals surface area contributed by atoms with Crippen LogP contribution in [0, 0.1) is 5.82 Å². The molecule has 0 bridgehead atoms. The molecule has 2 aromatic carbocycles. The lowest BCUT2D eigenvalue weighted by molar-refractivity contribution is 0.0507. The quantitative estimate of drug-likeness (QED) is 0.562. The van der Waals surface area contributed by atoms with Crippen molar-refractivity contribution in [2.24, 2.45) is 0 Å². The largest absolute Gasteiger partial charge is 0.444 e. The number of hydrogen-bond acceptors (Lipinski definition) is 4. The van der Waals surface area contributed by atoms with Gasteiger partial charge in [0.1, 0.15) is 11.4 Å². The van der Waals surface area contributed by atoms with Crippen molar-refractivity contribution in [2.45, 2.75) is 46.3 Å². The van der Waals surface area contributed by atoms with Gasteiger partial charge in [-0.25, -0.2) is 14.2 Å². The van der Waals surface area contributed by atoms with Crippen molar-refractivity contribution >= 4 is 22.9 Å². The molecular weight excluding hydrogens is 409 g/mol. The van der Waals surface area contributed by atoms with Gasteiger partial charge in [-0.2, -0.15) is 0 Å². The molecule has 0 fully saturated rings. The average molecular weight is 438 g/mol. The summed E-state index contributed by atoms with van der Waals surface area (Å²) < 4.78 is 19.5. The summed E-state index contributed by atoms with van der Waals surface area (Å²) in [6.07, 6.45) is -0.593. The van der Waals surface area contributed by atoms with Gasteiger partial charge < -0.3 is 15.4 Å². The fourth-order valence-electron chi connectivity index (χ4n) is 3.50. The number of ether oxygens (including phenoxy) is 1. The molecule has 7 heteroatoms. The van der Waals surface area contributed by atoms with Gasteiger partial charge in [0, 0.05) is 17.5 Å². The smallest absolute Gasteiger partial charge is 0.408 e. The van der Waals surface area contributed by atoms with Crippen LogP contribution in [0.3, 0.4) is 0 Å². The number of carbonyl (C=O) groups is 2. The molecule has 2 N–H and O–H groups in total. The molecule has 2 amide bonds. The van der Waals surface area contributed by atoms with Gasteiger partial charge in [-0.15, -0.1) is 0 Å². The Labute approximate surface area is 187 Å². The SMILES string of the molecule is CCNC(=O)c1c(-c2ccccc2)c(C(C)NC(=O)OC(C)(C)C)nc2ccc(F)cc12. The first kappa shape index (κ1) is 23.2. The zero-order valence-electron chi connectivity index (χ0n) is 19.0. The second-order valence-electron chi connectivity index (χ2n) is 8.50. The number of benzene rings is 2. The predicted octanol–water partition coefficient (Wildman–Crippen LogP) is 5.38. The monoisotopic (exact) mass is 437 g/mol. The van der Waals surface area contributed by atoms with E-state index in [1.165, 1.54) is 18.2 Å². The standard InChI is InChI=1S/C25H28FN3O3/c1-6-27-23(30)21-18-14-17(26)12-13-19(18)29-22(20(21)16-10-8-7-9-11-16)15(2)28-24(31)32-25(3,4)5/h7-15H,6H2,1-5H3,(H,27,30)(H,28,31). The van der Waals surface area contributed by atoms with Crippen LogP contribution in [0.1, 0.15) is 56.7 Å². The maximum Gasteiger partial charge on any atom is 0.408 e. The number of rotatable bonds is 5. The topological polar surface area (TPSA) is 80.3 Å². The van der Waals surface area contributed by atoms with E-state index in [9.17, 15) is 14.0 Å². The average Bonchev–Trinajstić information content (AvgIpc) is 2.71. The Kier molecular flexibility index (Phi) is 6.77. The van der Waals surface area contributed by atoms with Crippen LogP contribution in [-0.2, 0) is 4.74 Å². The Balaban J connectivity index is 2.26. The minimum atomic E-state index is -0.660. The third kappa shape index (κ3) is 5.22. The van der Waals surface area contributed by atoms with E-state index in [0.29, 0.717) is 34.3 Å². The minimum Gasteiger partial charge on any atom is -0.444 e. The van der Waals surface area contributed by atoms with Crippen LogP contribution in [0.4, 0.5) is 9.18 Å². The molecule has 1 unspecified atom stereocenters. The van der Waals surface area contributed by atoms with E-state index in [-0.39, 0.29) is 5.91 Å². The van der Waals surface area contributed by atoms with Gasteiger partial charge in [-0.05, 0) is 58.4 Å². The Bertz CT molecular complexity index is 1140. The Hall–Kier alpha value is -3.48. The van der Waals surface area contributed by atoms with E-state index >= 15 is 0 Å². The van der Waals surface area contributed by atoms with Crippen LogP contribution in [0.5, 0.6) is 0 Å². The molecule has 0 saturated heterocycles. The van der Waals surface area contributed by atoms with Gasteiger partial charge in [0.2, 0.25) is 0 Å². The first-order valence-electron chi connectivity index (χ1n) is 10.6. The van der Waals surface area contributed by atoms with Crippen molar-refractivity contribution in [3.05, 3.63) is 65.6 Å². The highest BCUT2D eigenvalue weighted by molar-refractivity contribution is 6.12. The minimum absolute atomic E-state index is 0.315. The molecule has 32 heavy (non-hydrogen) atoms. The van der Waals surface area contributed by atoms with Crippen molar-refractivity contribution in [2.75, 3.05) is 6.54 Å². The Morgan fingerprint density at radius 2 is 1.81 bits per heavy atom. The molecule has 3 rings (SSSR count). The number of nitrogens with zero attached hydrogens (tertiary/aromatic N) is 1. The van der Waals surface area contributed by atoms with Crippen LogP contribution in [0.25, 0.3) is 22.0 Å². The van der Waals surface area contributed by atoms with E-state index in [0.717, 1.165) is 5.56 Å². The lowest BCUT2D eigenvalue weighted by atomic mass is 9.91. The van der Waals surface area contributed by atoms with Crippen molar-refractivity contribution < 1.29 is 18.7 Å². The fourth-order valence-corrected chi connectivity index (χ4v) is 3.50. The fraction of sp³-hybridized carbons (Fsp3) is 0.320. The summed E-state index contributed by atoms with van der Waals surface area (Å²) in [5, 5.41) is 6.03. The molecule has 0 aliphatic heterocycles. The third-order valence-electron chi connectivity index (χ3n) is 4.75. The van der Waals surface area contributed by atoms with Crippen LogP contribution in [0.2, 0.25) is 0 Å². The maximum atomic E-state index is 14.2. The first-order valence-corrected chi connectivity index (χ1v) is 10.6. The second-order valence-corrected chi connectivity index (χ2v) is 8.50. The molecular formula is C25H28FN3O3. The van der Waals surface area contributed by atoms with Crippen molar-refractivity contribution in [1.29, 1.82) is 0 Å². The molecule has 1 heterocycles. The predicted molar refractivity (Wildman–Crippen MR) is 123 cm³/mol. The molecule has 1 aromatic heterocycles. The van der Waals surface area contributed by atoms with E-state index in [1.807, 2.05) is 37.3 Å². The molecule has 0 spiro atoms. The van der Waals surface area contributed by atoms with Gasteiger partial charge in [0.25, 0.3) is 5.91 Å². The summed E-state index contributed by atoms with van der Waals surface area (Å²) in [6.45, 7) is 9.34. The lowest BCUT2D eigenvalue weighted by Gasteiger charge is -2.24. The zero-order valence-corrected chi connectivity index (χ0v) is 19.0. The maximum absolute atomic E-state index is 14.2. The van der Waals surface area contributed by atoms with Gasteiger partial charge >= 0.3 is 6.09 Å². The lowest BCUT2D eigenvalue weighted by Crippen LogP contribution is -2.34. The van der Waals surface area contributed by atoms with E-state index in [1.54, 1.807) is 27.7 Å². The summed E-state index contributed by atoms with van der Waals surface area (Å²) in [7, 11) is 0. The van der Waals surface area contributed by atoms with E-state index < -0.39 is 23.6 Å². The highest BCUT2D eigenvalue weighted by Crippen LogP contribution is 2.35. The number of halogens is 1. The molecule has 0 saturated carbocycles. The Morgan fingerprint density at radius 1 is 1.12 bits per heavy atom. The number of pyridine rings is 1. The van der Waals surface area contributed by atoms with Crippen molar-refractivity contribution in [1.82, 2.24) is 15.6 Å². The summed E-state index contributed by atoms with van der Waals surface area (Å²) in [5.41, 5.74) is 1.88. The summed E-state index contributed by atoms with van der Waals surface area (Å²) in [4.78, 5) is 30.3. The van der Waals surface area contributed by atoms with Crippen LogP contribution in [-0.4, -0.2) is 29.1 Å². The van der Waals surface area contributed by atoms with Gasteiger partial charge in [-0.3, -0.25) is 4.79 Å². The molecule has 6 nitrogen and oxygen atoms in total. The van der Waals surface area contributed by atoms with Gasteiger partial charge in [0.05, 0.1) is 22.8 Å². The van der Waals surface area contributed by atoms with E-state index in [2.05, 4.69) is 10.6 Å². The summed E-state index contributed by atoms with van der Waals surface area (Å²) in [5.74, 6) is -0.799. The number of fused-ring (bicyclic) bond motifs is 1. The number of aromatic nitrogens is 1. The number of carbonyl (C=O) groups excluding carboxylic acids is 2. The Morgan fingerprint density at radius 3 is 2.44 bits per heavy atom. The van der Waals surface area contributed by atoms with Crippen molar-refractivity contribution in [3.63, 3.8) is 0 Å². The normalized spacial score (nSPS) is 12.3. The number of alkyl carbamates (subject to hydrolysis) is 1. The number of hydrogen-bond donors (Lipinski definition) is 2. The summed E-state index contributed by atoms with van der Waals surface area (Å²) in [6, 6.07) is 12.8. The highest BCUT2D eigenvalue weighted by atomic mass is 19.1. The van der Waals surface area contributed by atoms with Crippen molar-refractivity contribution in [3.8, 4) is 11.1 Å². The zero-order chi connectivity index (χ0) is 23.5. The molecule has 1 atom stereocenters. The van der Waals surface area contributed by atoms with Gasteiger partial charge in [0.15, 0.2) is 0 Å². The number of amides is 2. The van der Waals surface area contributed by atoms with Crippen LogP contribution >= 0.6 is 0 Å². The molecule has 0 radical (unpaired) electrons. The summed E-state index contributed by atoms with van der Waals surface area (Å²) >= 11 is 0. The second kappa shape index (κ2) is 9.34. The van der Waals surface area contributed by atoms with Crippen LogP contribution < -0.4 is 10.6 Å². The highest BCUT2D eigenvalue weighted by Gasteiger charge is 2.26. The molecule has 0 aliphatic rings. The van der Waals surface area contributed by atoms with Crippen LogP contribution in [0.15, 0.2) is 48.5 Å². The molecule has 168 valence electrons. The van der Waals surface area contributed by atoms with Gasteiger partial charge in [-0.1, -0.05) is 30.3 Å². The number of nitrogens with one attached hydrogen (secondary N) is 2. The molecule has 3 aromatic rings. The van der Waals surface area contributed by atoms with E-state index in [4.69, 9.17) is 9.72 Å².